The lowest BCUT2D eigenvalue weighted by Crippen LogP contribution is -2.01. The maximum atomic E-state index is 11.5. The predicted molar refractivity (Wildman–Crippen MR) is 93.8 cm³/mol. The Balaban J connectivity index is 1.97. The van der Waals surface area contributed by atoms with Crippen molar-refractivity contribution in [1.82, 2.24) is 4.57 Å². The van der Waals surface area contributed by atoms with Crippen LogP contribution in [-0.2, 0) is 4.74 Å². The van der Waals surface area contributed by atoms with Gasteiger partial charge >= 0.3 is 5.97 Å². The number of hydrogen-bond acceptors (Lipinski definition) is 4. The van der Waals surface area contributed by atoms with Gasteiger partial charge in [-0.25, -0.2) is 4.79 Å². The van der Waals surface area contributed by atoms with Crippen LogP contribution in [0, 0.1) is 11.3 Å². The van der Waals surface area contributed by atoms with E-state index in [2.05, 4.69) is 6.07 Å². The molecule has 0 bridgehead atoms. The molecule has 0 spiro atoms. The average molecular weight is 332 g/mol. The molecule has 0 unspecified atom stereocenters. The highest BCUT2D eigenvalue weighted by atomic mass is 16.5. The van der Waals surface area contributed by atoms with Crippen molar-refractivity contribution in [2.75, 3.05) is 14.2 Å². The molecule has 0 aliphatic rings. The second kappa shape index (κ2) is 6.93. The van der Waals surface area contributed by atoms with Crippen molar-refractivity contribution in [3.05, 3.63) is 72.1 Å². The van der Waals surface area contributed by atoms with Crippen LogP contribution in [0.4, 0.5) is 0 Å². The fourth-order valence-corrected chi connectivity index (χ4v) is 2.58. The molecule has 0 saturated heterocycles. The van der Waals surface area contributed by atoms with E-state index in [1.807, 2.05) is 47.2 Å². The van der Waals surface area contributed by atoms with Gasteiger partial charge in [0.15, 0.2) is 0 Å². The van der Waals surface area contributed by atoms with Crippen LogP contribution in [0.25, 0.3) is 16.8 Å². The van der Waals surface area contributed by atoms with E-state index < -0.39 is 0 Å². The molecule has 0 radical (unpaired) electrons. The highest BCUT2D eigenvalue weighted by molar-refractivity contribution is 5.89. The number of carbonyl (C=O) groups is 1. The number of esters is 1. The molecular formula is C20H16N2O3. The summed E-state index contributed by atoms with van der Waals surface area (Å²) in [5, 5.41) is 9.44. The molecule has 1 heterocycles. The first kappa shape index (κ1) is 16.3. The lowest BCUT2D eigenvalue weighted by Gasteiger charge is -2.04. The zero-order chi connectivity index (χ0) is 17.8. The Morgan fingerprint density at radius 1 is 1.00 bits per heavy atom. The summed E-state index contributed by atoms with van der Waals surface area (Å²) in [7, 11) is 2.96. The van der Waals surface area contributed by atoms with Crippen molar-refractivity contribution in [2.24, 2.45) is 0 Å². The van der Waals surface area contributed by atoms with E-state index in [1.165, 1.54) is 7.11 Å². The molecule has 3 aromatic rings. The summed E-state index contributed by atoms with van der Waals surface area (Å²) in [6, 6.07) is 16.8. The molecule has 5 heteroatoms. The molecule has 0 aliphatic carbocycles. The van der Waals surface area contributed by atoms with Crippen LogP contribution >= 0.6 is 0 Å². The molecule has 2 aromatic carbocycles. The van der Waals surface area contributed by atoms with Gasteiger partial charge in [0.25, 0.3) is 0 Å². The first-order chi connectivity index (χ1) is 12.2. The third-order valence-electron chi connectivity index (χ3n) is 3.93. The first-order valence-corrected chi connectivity index (χ1v) is 7.61. The van der Waals surface area contributed by atoms with Crippen molar-refractivity contribution < 1.29 is 14.3 Å². The Kier molecular flexibility index (Phi) is 4.53. The van der Waals surface area contributed by atoms with Crippen LogP contribution in [0.15, 0.2) is 60.9 Å². The summed E-state index contributed by atoms with van der Waals surface area (Å²) in [5.74, 6) is 0.385. The SMILES string of the molecule is COC(=O)c1ccc(-n2cc(C#N)c(-c3ccc(OC)cc3)c2)cc1. The molecule has 0 N–H and O–H groups in total. The normalized spacial score (nSPS) is 10.1. The summed E-state index contributed by atoms with van der Waals surface area (Å²) in [5.41, 5.74) is 3.67. The van der Waals surface area contributed by atoms with Gasteiger partial charge in [0, 0.05) is 23.6 Å². The van der Waals surface area contributed by atoms with E-state index in [-0.39, 0.29) is 5.97 Å². The van der Waals surface area contributed by atoms with Crippen LogP contribution in [-0.4, -0.2) is 24.8 Å². The Morgan fingerprint density at radius 2 is 1.68 bits per heavy atom. The van der Waals surface area contributed by atoms with Gasteiger partial charge in [-0.2, -0.15) is 5.26 Å². The molecular weight excluding hydrogens is 316 g/mol. The highest BCUT2D eigenvalue weighted by Gasteiger charge is 2.11. The standard InChI is InChI=1S/C20H16N2O3/c1-24-18-9-5-14(6-10-18)19-13-22(12-16(19)11-21)17-7-3-15(4-8-17)20(23)25-2/h3-10,12-13H,1-2H3. The number of hydrogen-bond donors (Lipinski definition) is 0. The zero-order valence-corrected chi connectivity index (χ0v) is 13.9. The van der Waals surface area contributed by atoms with E-state index in [9.17, 15) is 10.1 Å². The summed E-state index contributed by atoms with van der Waals surface area (Å²) >= 11 is 0. The van der Waals surface area contributed by atoms with E-state index in [4.69, 9.17) is 9.47 Å². The number of nitrogens with zero attached hydrogens (tertiary/aromatic N) is 2. The topological polar surface area (TPSA) is 64.2 Å². The largest absolute Gasteiger partial charge is 0.497 e. The minimum absolute atomic E-state index is 0.379. The molecule has 124 valence electrons. The van der Waals surface area contributed by atoms with Crippen LogP contribution < -0.4 is 4.74 Å². The molecule has 25 heavy (non-hydrogen) atoms. The minimum atomic E-state index is -0.379. The molecule has 3 rings (SSSR count). The van der Waals surface area contributed by atoms with Crippen LogP contribution in [0.2, 0.25) is 0 Å². The number of nitriles is 1. The number of aromatic nitrogens is 1. The summed E-state index contributed by atoms with van der Waals surface area (Å²) in [6.07, 6.45) is 3.67. The second-order valence-electron chi connectivity index (χ2n) is 5.37. The molecule has 0 fully saturated rings. The molecule has 0 saturated carbocycles. The number of carbonyl (C=O) groups excluding carboxylic acids is 1. The minimum Gasteiger partial charge on any atom is -0.497 e. The molecule has 1 aromatic heterocycles. The van der Waals surface area contributed by atoms with Crippen LogP contribution in [0.1, 0.15) is 15.9 Å². The molecule has 5 nitrogen and oxygen atoms in total. The molecule has 0 aliphatic heterocycles. The Hall–Kier alpha value is -3.52. The summed E-state index contributed by atoms with van der Waals surface area (Å²) < 4.78 is 11.7. The Morgan fingerprint density at radius 3 is 2.24 bits per heavy atom. The van der Waals surface area contributed by atoms with Gasteiger partial charge in [-0.05, 0) is 42.0 Å². The van der Waals surface area contributed by atoms with Crippen molar-refractivity contribution in [3.8, 4) is 28.6 Å². The first-order valence-electron chi connectivity index (χ1n) is 7.61. The van der Waals surface area contributed by atoms with Crippen molar-refractivity contribution in [3.63, 3.8) is 0 Å². The van der Waals surface area contributed by atoms with Gasteiger partial charge < -0.3 is 14.0 Å². The maximum absolute atomic E-state index is 11.5. The van der Waals surface area contributed by atoms with Gasteiger partial charge in [-0.3, -0.25) is 0 Å². The number of benzene rings is 2. The Labute approximate surface area is 145 Å². The number of ether oxygens (including phenoxy) is 2. The average Bonchev–Trinajstić information content (AvgIpc) is 3.12. The Bertz CT molecular complexity index is 933. The van der Waals surface area contributed by atoms with Gasteiger partial charge in [0.1, 0.15) is 11.8 Å². The fraction of sp³-hybridized carbons (Fsp3) is 0.100. The maximum Gasteiger partial charge on any atom is 0.337 e. The second-order valence-corrected chi connectivity index (χ2v) is 5.37. The van der Waals surface area contributed by atoms with E-state index >= 15 is 0 Å². The fourth-order valence-electron chi connectivity index (χ4n) is 2.58. The van der Waals surface area contributed by atoms with Gasteiger partial charge in [-0.15, -0.1) is 0 Å². The molecule has 0 amide bonds. The smallest absolute Gasteiger partial charge is 0.337 e. The molecule has 0 atom stereocenters. The van der Waals surface area contributed by atoms with Gasteiger partial charge in [0.2, 0.25) is 0 Å². The third-order valence-corrected chi connectivity index (χ3v) is 3.93. The van der Waals surface area contributed by atoms with Crippen molar-refractivity contribution in [2.45, 2.75) is 0 Å². The monoisotopic (exact) mass is 332 g/mol. The lowest BCUT2D eigenvalue weighted by molar-refractivity contribution is 0.0601. The third kappa shape index (κ3) is 3.24. The lowest BCUT2D eigenvalue weighted by atomic mass is 10.1. The van der Waals surface area contributed by atoms with Crippen LogP contribution in [0.3, 0.4) is 0 Å². The predicted octanol–water partition coefficient (Wildman–Crippen LogP) is 3.81. The van der Waals surface area contributed by atoms with E-state index in [1.54, 1.807) is 25.4 Å². The highest BCUT2D eigenvalue weighted by Crippen LogP contribution is 2.28. The van der Waals surface area contributed by atoms with Gasteiger partial charge in [-0.1, -0.05) is 12.1 Å². The van der Waals surface area contributed by atoms with Crippen LogP contribution in [0.5, 0.6) is 5.75 Å². The summed E-state index contributed by atoms with van der Waals surface area (Å²) in [6.45, 7) is 0. The summed E-state index contributed by atoms with van der Waals surface area (Å²) in [4.78, 5) is 11.5. The van der Waals surface area contributed by atoms with E-state index in [0.29, 0.717) is 11.1 Å². The zero-order valence-electron chi connectivity index (χ0n) is 13.9. The van der Waals surface area contributed by atoms with Crippen molar-refractivity contribution >= 4 is 5.97 Å². The van der Waals surface area contributed by atoms with E-state index in [0.717, 1.165) is 22.6 Å². The van der Waals surface area contributed by atoms with Crippen molar-refractivity contribution in [1.29, 1.82) is 5.26 Å². The van der Waals surface area contributed by atoms with Gasteiger partial charge in [0.05, 0.1) is 25.3 Å². The number of rotatable bonds is 4. The number of methoxy groups -OCH3 is 2. The quantitative estimate of drug-likeness (QED) is 0.682.